The minimum Gasteiger partial charge on any atom is -0.454 e. The first kappa shape index (κ1) is 10.7. The van der Waals surface area contributed by atoms with E-state index in [0.29, 0.717) is 17.1 Å². The van der Waals surface area contributed by atoms with Crippen LogP contribution in [0.3, 0.4) is 0 Å². The molecule has 2 rings (SSSR count). The van der Waals surface area contributed by atoms with Crippen molar-refractivity contribution in [1.29, 1.82) is 5.26 Å². The monoisotopic (exact) mass is 274 g/mol. The van der Waals surface area contributed by atoms with E-state index in [1.54, 1.807) is 36.7 Å². The SMILES string of the molecule is N#Cc1ccccc1Oc1cncc(Br)c1. The van der Waals surface area contributed by atoms with Crippen LogP contribution in [0.5, 0.6) is 11.5 Å². The molecule has 16 heavy (non-hydrogen) atoms. The van der Waals surface area contributed by atoms with E-state index in [1.165, 1.54) is 0 Å². The maximum Gasteiger partial charge on any atom is 0.146 e. The number of aromatic nitrogens is 1. The summed E-state index contributed by atoms with van der Waals surface area (Å²) in [5.74, 6) is 1.13. The van der Waals surface area contributed by atoms with Crippen LogP contribution in [0.2, 0.25) is 0 Å². The van der Waals surface area contributed by atoms with Crippen molar-refractivity contribution in [3.05, 3.63) is 52.8 Å². The van der Waals surface area contributed by atoms with Gasteiger partial charge in [-0.2, -0.15) is 5.26 Å². The van der Waals surface area contributed by atoms with Crippen LogP contribution in [-0.2, 0) is 0 Å². The molecule has 0 unspecified atom stereocenters. The lowest BCUT2D eigenvalue weighted by molar-refractivity contribution is 0.478. The van der Waals surface area contributed by atoms with Gasteiger partial charge in [0.1, 0.15) is 17.6 Å². The zero-order valence-corrected chi connectivity index (χ0v) is 9.81. The van der Waals surface area contributed by atoms with Gasteiger partial charge in [-0.25, -0.2) is 0 Å². The van der Waals surface area contributed by atoms with Gasteiger partial charge in [0.25, 0.3) is 0 Å². The second-order valence-electron chi connectivity index (χ2n) is 3.05. The van der Waals surface area contributed by atoms with Crippen molar-refractivity contribution in [2.24, 2.45) is 0 Å². The van der Waals surface area contributed by atoms with Crippen molar-refractivity contribution in [1.82, 2.24) is 4.98 Å². The van der Waals surface area contributed by atoms with E-state index < -0.39 is 0 Å². The number of nitrogens with zero attached hydrogens (tertiary/aromatic N) is 2. The molecule has 1 aromatic carbocycles. The van der Waals surface area contributed by atoms with Crippen LogP contribution < -0.4 is 4.74 Å². The Morgan fingerprint density at radius 1 is 1.25 bits per heavy atom. The fourth-order valence-electron chi connectivity index (χ4n) is 1.22. The van der Waals surface area contributed by atoms with Gasteiger partial charge in [-0.1, -0.05) is 12.1 Å². The van der Waals surface area contributed by atoms with Crippen molar-refractivity contribution < 1.29 is 4.74 Å². The Hall–Kier alpha value is -1.86. The van der Waals surface area contributed by atoms with Gasteiger partial charge in [0.2, 0.25) is 0 Å². The first-order valence-electron chi connectivity index (χ1n) is 4.57. The minimum atomic E-state index is 0.502. The Morgan fingerprint density at radius 3 is 2.81 bits per heavy atom. The van der Waals surface area contributed by atoms with Gasteiger partial charge in [-0.05, 0) is 34.1 Å². The van der Waals surface area contributed by atoms with Crippen LogP contribution in [0.4, 0.5) is 0 Å². The van der Waals surface area contributed by atoms with Crippen LogP contribution >= 0.6 is 15.9 Å². The summed E-state index contributed by atoms with van der Waals surface area (Å²) in [5.41, 5.74) is 0.502. The molecule has 3 nitrogen and oxygen atoms in total. The first-order chi connectivity index (χ1) is 7.79. The Balaban J connectivity index is 2.31. The number of pyridine rings is 1. The van der Waals surface area contributed by atoms with Gasteiger partial charge in [0, 0.05) is 10.7 Å². The molecule has 4 heteroatoms. The van der Waals surface area contributed by atoms with Crippen LogP contribution in [0.25, 0.3) is 0 Å². The molecular formula is C12H7BrN2O. The summed E-state index contributed by atoms with van der Waals surface area (Å²) < 4.78 is 6.40. The third-order valence-corrected chi connectivity index (χ3v) is 2.35. The van der Waals surface area contributed by atoms with Gasteiger partial charge in [0.05, 0.1) is 11.8 Å². The molecule has 0 fully saturated rings. The number of rotatable bonds is 2. The molecule has 0 saturated carbocycles. The highest BCUT2D eigenvalue weighted by Gasteiger charge is 2.03. The lowest BCUT2D eigenvalue weighted by atomic mass is 10.2. The summed E-state index contributed by atoms with van der Waals surface area (Å²) in [7, 11) is 0. The molecule has 0 aliphatic heterocycles. The topological polar surface area (TPSA) is 45.9 Å². The lowest BCUT2D eigenvalue weighted by Crippen LogP contribution is -1.88. The highest BCUT2D eigenvalue weighted by atomic mass is 79.9. The minimum absolute atomic E-state index is 0.502. The van der Waals surface area contributed by atoms with Crippen LogP contribution in [0.1, 0.15) is 5.56 Å². The largest absolute Gasteiger partial charge is 0.454 e. The van der Waals surface area contributed by atoms with Crippen molar-refractivity contribution >= 4 is 15.9 Å². The highest BCUT2D eigenvalue weighted by Crippen LogP contribution is 2.25. The number of benzene rings is 1. The summed E-state index contributed by atoms with van der Waals surface area (Å²) in [5, 5.41) is 8.90. The van der Waals surface area contributed by atoms with Crippen molar-refractivity contribution in [2.45, 2.75) is 0 Å². The van der Waals surface area contributed by atoms with E-state index in [4.69, 9.17) is 10.00 Å². The van der Waals surface area contributed by atoms with Crippen LogP contribution in [0.15, 0.2) is 47.2 Å². The van der Waals surface area contributed by atoms with Gasteiger partial charge in [-0.3, -0.25) is 4.98 Å². The van der Waals surface area contributed by atoms with Crippen molar-refractivity contribution in [3.8, 4) is 17.6 Å². The third kappa shape index (κ3) is 2.38. The Bertz CT molecular complexity index is 549. The molecular weight excluding hydrogens is 268 g/mol. The van der Waals surface area contributed by atoms with E-state index in [0.717, 1.165) is 4.47 Å². The number of nitriles is 1. The van der Waals surface area contributed by atoms with E-state index >= 15 is 0 Å². The Morgan fingerprint density at radius 2 is 2.06 bits per heavy atom. The van der Waals surface area contributed by atoms with Gasteiger partial charge in [-0.15, -0.1) is 0 Å². The molecule has 0 aliphatic rings. The van der Waals surface area contributed by atoms with Gasteiger partial charge < -0.3 is 4.74 Å². The van der Waals surface area contributed by atoms with Crippen LogP contribution in [0, 0.1) is 11.3 Å². The summed E-state index contributed by atoms with van der Waals surface area (Å²) in [4.78, 5) is 3.98. The fraction of sp³-hybridized carbons (Fsp3) is 0. The molecule has 0 saturated heterocycles. The summed E-state index contributed by atoms with van der Waals surface area (Å²) in [6, 6.07) is 10.9. The molecule has 2 aromatic rings. The van der Waals surface area contributed by atoms with E-state index in [-0.39, 0.29) is 0 Å². The van der Waals surface area contributed by atoms with Gasteiger partial charge in [0.15, 0.2) is 0 Å². The zero-order chi connectivity index (χ0) is 11.4. The number of halogens is 1. The Labute approximate surface area is 101 Å². The van der Waals surface area contributed by atoms with E-state index in [1.807, 2.05) is 6.07 Å². The normalized spacial score (nSPS) is 9.50. The predicted octanol–water partition coefficient (Wildman–Crippen LogP) is 3.51. The maximum absolute atomic E-state index is 8.90. The second kappa shape index (κ2) is 4.77. The smallest absolute Gasteiger partial charge is 0.146 e. The third-order valence-electron chi connectivity index (χ3n) is 1.92. The first-order valence-corrected chi connectivity index (χ1v) is 5.36. The Kier molecular flexibility index (Phi) is 3.18. The molecule has 1 aromatic heterocycles. The molecule has 0 amide bonds. The van der Waals surface area contributed by atoms with E-state index in [9.17, 15) is 0 Å². The molecule has 0 aliphatic carbocycles. The molecule has 0 spiro atoms. The average molecular weight is 275 g/mol. The predicted molar refractivity (Wildman–Crippen MR) is 63.2 cm³/mol. The van der Waals surface area contributed by atoms with E-state index in [2.05, 4.69) is 27.0 Å². The van der Waals surface area contributed by atoms with Crippen molar-refractivity contribution in [3.63, 3.8) is 0 Å². The number of hydrogen-bond donors (Lipinski definition) is 0. The molecule has 1 heterocycles. The molecule has 78 valence electrons. The highest BCUT2D eigenvalue weighted by molar-refractivity contribution is 9.10. The standard InChI is InChI=1S/C12H7BrN2O/c13-10-5-11(8-15-7-10)16-12-4-2-1-3-9(12)6-14/h1-5,7-8H. The summed E-state index contributed by atoms with van der Waals surface area (Å²) in [6.07, 6.45) is 3.27. The zero-order valence-electron chi connectivity index (χ0n) is 8.22. The maximum atomic E-state index is 8.90. The lowest BCUT2D eigenvalue weighted by Gasteiger charge is -2.06. The number of para-hydroxylation sites is 1. The van der Waals surface area contributed by atoms with Gasteiger partial charge >= 0.3 is 0 Å². The van der Waals surface area contributed by atoms with Crippen molar-refractivity contribution in [2.75, 3.05) is 0 Å². The average Bonchev–Trinajstić information content (AvgIpc) is 2.30. The molecule has 0 radical (unpaired) electrons. The quantitative estimate of drug-likeness (QED) is 0.842. The summed E-state index contributed by atoms with van der Waals surface area (Å²) in [6.45, 7) is 0. The molecule has 0 atom stereocenters. The number of ether oxygens (including phenoxy) is 1. The number of hydrogen-bond acceptors (Lipinski definition) is 3. The summed E-state index contributed by atoms with van der Waals surface area (Å²) >= 11 is 3.30. The second-order valence-corrected chi connectivity index (χ2v) is 3.96. The van der Waals surface area contributed by atoms with Crippen LogP contribution in [-0.4, -0.2) is 4.98 Å². The molecule has 0 bridgehead atoms. The molecule has 0 N–H and O–H groups in total. The fourth-order valence-corrected chi connectivity index (χ4v) is 1.57.